The lowest BCUT2D eigenvalue weighted by molar-refractivity contribution is -0.0318. The number of carboxylic acids is 1. The van der Waals surface area contributed by atoms with Gasteiger partial charge in [-0.3, -0.25) is 0 Å². The lowest BCUT2D eigenvalue weighted by Crippen LogP contribution is -2.25. The molecule has 0 saturated heterocycles. The summed E-state index contributed by atoms with van der Waals surface area (Å²) in [6.07, 6.45) is 0.915. The van der Waals surface area contributed by atoms with Crippen molar-refractivity contribution in [3.8, 4) is 5.75 Å². The van der Waals surface area contributed by atoms with Gasteiger partial charge in [0.1, 0.15) is 17.9 Å². The maximum Gasteiger partial charge on any atom is 0.339 e. The van der Waals surface area contributed by atoms with E-state index in [1.54, 1.807) is 18.2 Å². The van der Waals surface area contributed by atoms with Crippen molar-refractivity contribution in [2.75, 3.05) is 13.2 Å². The zero-order valence-electron chi connectivity index (χ0n) is 11.1. The number of benzene rings is 1. The van der Waals surface area contributed by atoms with Gasteiger partial charge in [0, 0.05) is 0 Å². The first-order valence-electron chi connectivity index (χ1n) is 6.05. The predicted molar refractivity (Wildman–Crippen MR) is 69.2 cm³/mol. The van der Waals surface area contributed by atoms with Gasteiger partial charge in [0.2, 0.25) is 0 Å². The number of hydrogen-bond donors (Lipinski definition) is 1. The SMILES string of the molecule is CCC(C)(C)OCCOc1ccccc1C(=O)O. The molecule has 1 rings (SSSR count). The number of hydrogen-bond acceptors (Lipinski definition) is 3. The molecule has 0 heterocycles. The van der Waals surface area contributed by atoms with Gasteiger partial charge in [-0.15, -0.1) is 0 Å². The second kappa shape index (κ2) is 6.40. The lowest BCUT2D eigenvalue weighted by atomic mass is 10.1. The second-order valence-corrected chi connectivity index (χ2v) is 4.61. The highest BCUT2D eigenvalue weighted by atomic mass is 16.5. The smallest absolute Gasteiger partial charge is 0.339 e. The molecular weight excluding hydrogens is 232 g/mol. The van der Waals surface area contributed by atoms with E-state index >= 15 is 0 Å². The van der Waals surface area contributed by atoms with Crippen molar-refractivity contribution in [2.45, 2.75) is 32.8 Å². The summed E-state index contributed by atoms with van der Waals surface area (Å²) in [6, 6.07) is 6.59. The van der Waals surface area contributed by atoms with Crippen LogP contribution in [0, 0.1) is 0 Å². The summed E-state index contributed by atoms with van der Waals surface area (Å²) < 4.78 is 11.1. The Morgan fingerprint density at radius 2 is 1.94 bits per heavy atom. The number of rotatable bonds is 7. The number of aromatic carboxylic acids is 1. The molecule has 0 amide bonds. The first kappa shape index (κ1) is 14.5. The summed E-state index contributed by atoms with van der Waals surface area (Å²) in [5.41, 5.74) is 0.00242. The molecule has 0 atom stereocenters. The minimum Gasteiger partial charge on any atom is -0.490 e. The minimum atomic E-state index is -0.986. The summed E-state index contributed by atoms with van der Waals surface area (Å²) >= 11 is 0. The highest BCUT2D eigenvalue weighted by molar-refractivity contribution is 5.90. The Hall–Kier alpha value is -1.55. The van der Waals surface area contributed by atoms with Crippen LogP contribution in [0.15, 0.2) is 24.3 Å². The number of ether oxygens (including phenoxy) is 2. The molecular formula is C14H20O4. The zero-order chi connectivity index (χ0) is 13.6. The highest BCUT2D eigenvalue weighted by Gasteiger charge is 2.15. The van der Waals surface area contributed by atoms with Crippen molar-refractivity contribution in [2.24, 2.45) is 0 Å². The summed E-state index contributed by atoms with van der Waals surface area (Å²) in [7, 11) is 0. The van der Waals surface area contributed by atoms with Crippen LogP contribution in [0.4, 0.5) is 0 Å². The molecule has 0 radical (unpaired) electrons. The fourth-order valence-electron chi connectivity index (χ4n) is 1.34. The van der Waals surface area contributed by atoms with Gasteiger partial charge in [-0.25, -0.2) is 4.79 Å². The van der Waals surface area contributed by atoms with E-state index in [9.17, 15) is 4.79 Å². The molecule has 1 aromatic rings. The van der Waals surface area contributed by atoms with Gasteiger partial charge in [0.25, 0.3) is 0 Å². The van der Waals surface area contributed by atoms with Crippen LogP contribution < -0.4 is 4.74 Å². The third kappa shape index (κ3) is 4.37. The van der Waals surface area contributed by atoms with Gasteiger partial charge < -0.3 is 14.6 Å². The molecule has 100 valence electrons. The number of carboxylic acid groups (broad SMARTS) is 1. The third-order valence-corrected chi connectivity index (χ3v) is 2.80. The van der Waals surface area contributed by atoms with Gasteiger partial charge in [-0.2, -0.15) is 0 Å². The fraction of sp³-hybridized carbons (Fsp3) is 0.500. The molecule has 0 unspecified atom stereocenters. The summed E-state index contributed by atoms with van der Waals surface area (Å²) in [5.74, 6) is -0.608. The van der Waals surface area contributed by atoms with Gasteiger partial charge in [-0.1, -0.05) is 19.1 Å². The Bertz CT molecular complexity index is 399. The molecule has 0 saturated carbocycles. The van der Waals surface area contributed by atoms with Crippen LogP contribution in [0.3, 0.4) is 0 Å². The standard InChI is InChI=1S/C14H20O4/c1-4-14(2,3)18-10-9-17-12-8-6-5-7-11(12)13(15)16/h5-8H,4,9-10H2,1-3H3,(H,15,16). The van der Waals surface area contributed by atoms with Crippen LogP contribution in [0.2, 0.25) is 0 Å². The van der Waals surface area contributed by atoms with E-state index in [-0.39, 0.29) is 11.2 Å². The van der Waals surface area contributed by atoms with Gasteiger partial charge in [0.15, 0.2) is 0 Å². The van der Waals surface area contributed by atoms with Crippen LogP contribution >= 0.6 is 0 Å². The number of para-hydroxylation sites is 1. The van der Waals surface area contributed by atoms with Gasteiger partial charge in [0.05, 0.1) is 12.2 Å². The fourth-order valence-corrected chi connectivity index (χ4v) is 1.34. The monoisotopic (exact) mass is 252 g/mol. The average molecular weight is 252 g/mol. The Morgan fingerprint density at radius 3 is 2.56 bits per heavy atom. The Labute approximate surface area is 108 Å². The van der Waals surface area contributed by atoms with E-state index in [4.69, 9.17) is 14.6 Å². The molecule has 4 nitrogen and oxygen atoms in total. The summed E-state index contributed by atoms with van der Waals surface area (Å²) in [6.45, 7) is 6.86. The van der Waals surface area contributed by atoms with E-state index in [0.717, 1.165) is 6.42 Å². The maximum absolute atomic E-state index is 10.9. The summed E-state index contributed by atoms with van der Waals surface area (Å²) in [4.78, 5) is 10.9. The van der Waals surface area contributed by atoms with Crippen molar-refractivity contribution < 1.29 is 19.4 Å². The Morgan fingerprint density at radius 1 is 1.28 bits per heavy atom. The molecule has 1 N–H and O–H groups in total. The average Bonchev–Trinajstić information content (AvgIpc) is 2.35. The van der Waals surface area contributed by atoms with Crippen LogP contribution in [-0.2, 0) is 4.74 Å². The molecule has 0 fully saturated rings. The summed E-state index contributed by atoms with van der Waals surface area (Å²) in [5, 5.41) is 8.98. The first-order chi connectivity index (χ1) is 8.46. The Kier molecular flexibility index (Phi) is 5.16. The van der Waals surface area contributed by atoms with E-state index in [0.29, 0.717) is 19.0 Å². The lowest BCUT2D eigenvalue weighted by Gasteiger charge is -2.23. The zero-order valence-corrected chi connectivity index (χ0v) is 11.1. The van der Waals surface area contributed by atoms with E-state index < -0.39 is 5.97 Å². The maximum atomic E-state index is 10.9. The topological polar surface area (TPSA) is 55.8 Å². The molecule has 4 heteroatoms. The van der Waals surface area contributed by atoms with Crippen molar-refractivity contribution in [1.82, 2.24) is 0 Å². The van der Waals surface area contributed by atoms with E-state index in [1.807, 2.05) is 13.8 Å². The minimum absolute atomic E-state index is 0.171. The van der Waals surface area contributed by atoms with Gasteiger partial charge in [-0.05, 0) is 32.4 Å². The van der Waals surface area contributed by atoms with Crippen molar-refractivity contribution in [3.63, 3.8) is 0 Å². The molecule has 18 heavy (non-hydrogen) atoms. The predicted octanol–water partition coefficient (Wildman–Crippen LogP) is 2.97. The normalized spacial score (nSPS) is 11.3. The van der Waals surface area contributed by atoms with Crippen molar-refractivity contribution >= 4 is 5.97 Å². The van der Waals surface area contributed by atoms with Crippen molar-refractivity contribution in [1.29, 1.82) is 0 Å². The van der Waals surface area contributed by atoms with Crippen LogP contribution in [0.5, 0.6) is 5.75 Å². The largest absolute Gasteiger partial charge is 0.490 e. The molecule has 0 bridgehead atoms. The molecule has 0 aliphatic rings. The molecule has 1 aromatic carbocycles. The van der Waals surface area contributed by atoms with E-state index in [2.05, 4.69) is 6.92 Å². The Balaban J connectivity index is 2.47. The number of carbonyl (C=O) groups is 1. The molecule has 0 spiro atoms. The molecule has 0 aliphatic heterocycles. The van der Waals surface area contributed by atoms with Crippen LogP contribution in [0.25, 0.3) is 0 Å². The first-order valence-corrected chi connectivity index (χ1v) is 6.05. The molecule has 0 aliphatic carbocycles. The molecule has 0 aromatic heterocycles. The van der Waals surface area contributed by atoms with Crippen LogP contribution in [-0.4, -0.2) is 29.9 Å². The van der Waals surface area contributed by atoms with Gasteiger partial charge >= 0.3 is 5.97 Å². The van der Waals surface area contributed by atoms with E-state index in [1.165, 1.54) is 6.07 Å². The second-order valence-electron chi connectivity index (χ2n) is 4.61. The van der Waals surface area contributed by atoms with Crippen molar-refractivity contribution in [3.05, 3.63) is 29.8 Å². The third-order valence-electron chi connectivity index (χ3n) is 2.80. The highest BCUT2D eigenvalue weighted by Crippen LogP contribution is 2.18. The van der Waals surface area contributed by atoms with Crippen LogP contribution in [0.1, 0.15) is 37.6 Å². The quantitative estimate of drug-likeness (QED) is 0.758.